The number of nitrogens with one attached hydrogen (secondary N) is 1. The lowest BCUT2D eigenvalue weighted by molar-refractivity contribution is -0.134. The summed E-state index contributed by atoms with van der Waals surface area (Å²) >= 11 is 0. The number of piperazine rings is 1. The first kappa shape index (κ1) is 21.1. The Hall–Kier alpha value is -2.18. The van der Waals surface area contributed by atoms with Crippen LogP contribution in [0.25, 0.3) is 0 Å². The molecule has 1 aliphatic heterocycles. The molecular formula is C24H35N5O. The molecule has 162 valence electrons. The minimum Gasteiger partial charge on any atom is -0.354 e. The molecule has 6 heteroatoms. The van der Waals surface area contributed by atoms with Gasteiger partial charge in [0.05, 0.1) is 5.69 Å². The van der Waals surface area contributed by atoms with Crippen molar-refractivity contribution in [1.29, 1.82) is 0 Å². The summed E-state index contributed by atoms with van der Waals surface area (Å²) in [5.41, 5.74) is 4.43. The van der Waals surface area contributed by atoms with E-state index in [0.717, 1.165) is 64.2 Å². The van der Waals surface area contributed by atoms with E-state index in [4.69, 9.17) is 0 Å². The molecular weight excluding hydrogens is 374 g/mol. The first-order valence-corrected chi connectivity index (χ1v) is 11.4. The average molecular weight is 410 g/mol. The number of carbonyl (C=O) groups excluding carboxylic acids is 1. The van der Waals surface area contributed by atoms with Gasteiger partial charge >= 0.3 is 0 Å². The van der Waals surface area contributed by atoms with E-state index in [-0.39, 0.29) is 5.91 Å². The van der Waals surface area contributed by atoms with Crippen LogP contribution in [-0.2, 0) is 24.2 Å². The van der Waals surface area contributed by atoms with Crippen LogP contribution in [0.3, 0.4) is 0 Å². The first-order valence-electron chi connectivity index (χ1n) is 11.4. The second-order valence-electron chi connectivity index (χ2n) is 8.83. The minimum atomic E-state index is -0.443. The molecule has 0 atom stereocenters. The Bertz CT molecular complexity index is 856. The molecule has 2 heterocycles. The zero-order valence-electron chi connectivity index (χ0n) is 18.7. The van der Waals surface area contributed by atoms with Crippen LogP contribution in [0.15, 0.2) is 30.3 Å². The molecule has 1 fully saturated rings. The SMILES string of the molecule is CCN1CCN(C2(C(=O)NCCCn3nc(C)cc3C)Cc3ccccc3C2)CC1. The highest BCUT2D eigenvalue weighted by Gasteiger charge is 2.48. The average Bonchev–Trinajstić information content (AvgIpc) is 3.31. The minimum absolute atomic E-state index is 0.192. The number of nitrogens with zero attached hydrogens (tertiary/aromatic N) is 4. The molecule has 1 aliphatic carbocycles. The number of hydrogen-bond donors (Lipinski definition) is 1. The Morgan fingerprint density at radius 3 is 2.33 bits per heavy atom. The lowest BCUT2D eigenvalue weighted by atomic mass is 9.90. The number of hydrogen-bond acceptors (Lipinski definition) is 4. The van der Waals surface area contributed by atoms with Crippen molar-refractivity contribution in [2.45, 2.75) is 52.1 Å². The number of likely N-dealkylation sites (N-methyl/N-ethyl adjacent to an activating group) is 1. The largest absolute Gasteiger partial charge is 0.354 e. The van der Waals surface area contributed by atoms with Gasteiger partial charge in [-0.05, 0) is 44.0 Å². The summed E-state index contributed by atoms with van der Waals surface area (Å²) in [7, 11) is 0. The number of fused-ring (bicyclic) bond motifs is 1. The monoisotopic (exact) mass is 409 g/mol. The highest BCUT2D eigenvalue weighted by molar-refractivity contribution is 5.88. The maximum Gasteiger partial charge on any atom is 0.241 e. The molecule has 0 saturated carbocycles. The van der Waals surface area contributed by atoms with Crippen molar-refractivity contribution in [3.8, 4) is 0 Å². The zero-order chi connectivity index (χ0) is 21.1. The van der Waals surface area contributed by atoms with Crippen LogP contribution in [-0.4, -0.2) is 70.3 Å². The Kier molecular flexibility index (Phi) is 6.25. The van der Waals surface area contributed by atoms with E-state index >= 15 is 0 Å². The van der Waals surface area contributed by atoms with Crippen molar-refractivity contribution in [3.63, 3.8) is 0 Å². The number of benzene rings is 1. The molecule has 0 spiro atoms. The van der Waals surface area contributed by atoms with Crippen LogP contribution >= 0.6 is 0 Å². The molecule has 30 heavy (non-hydrogen) atoms. The van der Waals surface area contributed by atoms with Crippen molar-refractivity contribution in [3.05, 3.63) is 52.8 Å². The van der Waals surface area contributed by atoms with Gasteiger partial charge in [0.2, 0.25) is 5.91 Å². The number of aromatic nitrogens is 2. The molecule has 0 radical (unpaired) electrons. The maximum atomic E-state index is 13.6. The Balaban J connectivity index is 1.42. The number of amides is 1. The van der Waals surface area contributed by atoms with E-state index in [0.29, 0.717) is 6.54 Å². The quantitative estimate of drug-likeness (QED) is 0.713. The second-order valence-corrected chi connectivity index (χ2v) is 8.83. The molecule has 0 bridgehead atoms. The van der Waals surface area contributed by atoms with Crippen molar-refractivity contribution < 1.29 is 4.79 Å². The Morgan fingerprint density at radius 2 is 1.77 bits per heavy atom. The zero-order valence-corrected chi connectivity index (χ0v) is 18.7. The van der Waals surface area contributed by atoms with Gasteiger partial charge in [-0.2, -0.15) is 5.10 Å². The van der Waals surface area contributed by atoms with Crippen LogP contribution < -0.4 is 5.32 Å². The van der Waals surface area contributed by atoms with Crippen molar-refractivity contribution in [2.75, 3.05) is 39.3 Å². The maximum absolute atomic E-state index is 13.6. The van der Waals surface area contributed by atoms with Gasteiger partial charge in [0.15, 0.2) is 0 Å². The van der Waals surface area contributed by atoms with Gasteiger partial charge in [0.1, 0.15) is 5.54 Å². The highest BCUT2D eigenvalue weighted by atomic mass is 16.2. The predicted molar refractivity (Wildman–Crippen MR) is 120 cm³/mol. The summed E-state index contributed by atoms with van der Waals surface area (Å²) in [6, 6.07) is 10.7. The van der Waals surface area contributed by atoms with Gasteiger partial charge in [0.25, 0.3) is 0 Å². The lowest BCUT2D eigenvalue weighted by Gasteiger charge is -2.44. The number of carbonyl (C=O) groups is 1. The van der Waals surface area contributed by atoms with E-state index in [2.05, 4.69) is 64.4 Å². The molecule has 1 saturated heterocycles. The summed E-state index contributed by atoms with van der Waals surface area (Å²) in [6.45, 7) is 12.9. The van der Waals surface area contributed by atoms with Crippen LogP contribution in [0.4, 0.5) is 0 Å². The predicted octanol–water partition coefficient (Wildman–Crippen LogP) is 2.18. The normalized spacial score (nSPS) is 19.0. The fourth-order valence-electron chi connectivity index (χ4n) is 5.11. The molecule has 0 unspecified atom stereocenters. The van der Waals surface area contributed by atoms with Gasteiger partial charge in [-0.3, -0.25) is 14.4 Å². The molecule has 2 aliphatic rings. The van der Waals surface area contributed by atoms with Crippen LogP contribution in [0, 0.1) is 13.8 Å². The fraction of sp³-hybridized carbons (Fsp3) is 0.583. The Labute approximate surface area is 180 Å². The molecule has 1 aromatic heterocycles. The molecule has 1 N–H and O–H groups in total. The third-order valence-electron chi connectivity index (χ3n) is 6.87. The van der Waals surface area contributed by atoms with Crippen LogP contribution in [0.1, 0.15) is 35.9 Å². The Morgan fingerprint density at radius 1 is 1.10 bits per heavy atom. The smallest absolute Gasteiger partial charge is 0.241 e. The third-order valence-corrected chi connectivity index (χ3v) is 6.87. The van der Waals surface area contributed by atoms with Gasteiger partial charge in [0, 0.05) is 57.8 Å². The summed E-state index contributed by atoms with van der Waals surface area (Å²) in [5, 5.41) is 7.81. The van der Waals surface area contributed by atoms with Crippen LogP contribution in [0.5, 0.6) is 0 Å². The van der Waals surface area contributed by atoms with Gasteiger partial charge in [-0.25, -0.2) is 0 Å². The van der Waals surface area contributed by atoms with E-state index in [9.17, 15) is 4.79 Å². The van der Waals surface area contributed by atoms with Gasteiger partial charge < -0.3 is 10.2 Å². The summed E-state index contributed by atoms with van der Waals surface area (Å²) in [6.07, 6.45) is 2.53. The van der Waals surface area contributed by atoms with E-state index in [1.54, 1.807) is 0 Å². The standard InChI is InChI=1S/C24H35N5O/c1-4-27-12-14-28(15-13-27)24(17-21-8-5-6-9-22(21)18-24)23(30)25-10-7-11-29-20(3)16-19(2)26-29/h5-6,8-9,16H,4,7,10-15,17-18H2,1-3H3,(H,25,30). The highest BCUT2D eigenvalue weighted by Crippen LogP contribution is 2.35. The van der Waals surface area contributed by atoms with Gasteiger partial charge in [-0.1, -0.05) is 31.2 Å². The first-order chi connectivity index (χ1) is 14.5. The molecule has 6 nitrogen and oxygen atoms in total. The third kappa shape index (κ3) is 4.16. The lowest BCUT2D eigenvalue weighted by Crippen LogP contribution is -2.64. The van der Waals surface area contributed by atoms with E-state index < -0.39 is 5.54 Å². The molecule has 2 aromatic rings. The number of aryl methyl sites for hydroxylation is 3. The molecule has 4 rings (SSSR count). The summed E-state index contributed by atoms with van der Waals surface area (Å²) < 4.78 is 2.03. The van der Waals surface area contributed by atoms with Crippen LogP contribution in [0.2, 0.25) is 0 Å². The summed E-state index contributed by atoms with van der Waals surface area (Å²) in [4.78, 5) is 18.5. The second kappa shape index (κ2) is 8.90. The van der Waals surface area contributed by atoms with Crippen molar-refractivity contribution in [1.82, 2.24) is 24.9 Å². The molecule has 1 amide bonds. The molecule has 1 aromatic carbocycles. The summed E-state index contributed by atoms with van der Waals surface area (Å²) in [5.74, 6) is 0.192. The van der Waals surface area contributed by atoms with Crippen molar-refractivity contribution >= 4 is 5.91 Å². The van der Waals surface area contributed by atoms with Gasteiger partial charge in [-0.15, -0.1) is 0 Å². The topological polar surface area (TPSA) is 53.4 Å². The van der Waals surface area contributed by atoms with E-state index in [1.165, 1.54) is 16.8 Å². The van der Waals surface area contributed by atoms with Crippen molar-refractivity contribution in [2.24, 2.45) is 0 Å². The fourth-order valence-corrected chi connectivity index (χ4v) is 5.11. The number of rotatable bonds is 7. The van der Waals surface area contributed by atoms with E-state index in [1.807, 2.05) is 11.6 Å².